The van der Waals surface area contributed by atoms with Crippen LogP contribution >= 0.6 is 0 Å². The summed E-state index contributed by atoms with van der Waals surface area (Å²) in [4.78, 5) is 23.3. The molecule has 0 aromatic carbocycles. The lowest BCUT2D eigenvalue weighted by Crippen LogP contribution is -2.26. The Balaban J connectivity index is 1.89. The molecule has 6 nitrogen and oxygen atoms in total. The van der Waals surface area contributed by atoms with E-state index in [9.17, 15) is 4.79 Å². The number of hydrogen-bond donors (Lipinski definition) is 2. The Morgan fingerprint density at radius 1 is 1.37 bits per heavy atom. The SMILES string of the molecule is CC(C)n1ccnc(NCCCc2ncc[nH]2)c1=O. The number of aromatic nitrogens is 4. The molecule has 2 heterocycles. The van der Waals surface area contributed by atoms with Crippen LogP contribution in [0.15, 0.2) is 29.6 Å². The van der Waals surface area contributed by atoms with Crippen molar-refractivity contribution in [3.8, 4) is 0 Å². The zero-order valence-electron chi connectivity index (χ0n) is 11.3. The van der Waals surface area contributed by atoms with Gasteiger partial charge in [0.1, 0.15) is 5.82 Å². The minimum atomic E-state index is -0.0736. The van der Waals surface area contributed by atoms with Crippen LogP contribution in [0.1, 0.15) is 32.1 Å². The van der Waals surface area contributed by atoms with Crippen molar-refractivity contribution >= 4 is 5.82 Å². The topological polar surface area (TPSA) is 75.6 Å². The van der Waals surface area contributed by atoms with Gasteiger partial charge in [0.15, 0.2) is 5.82 Å². The normalized spacial score (nSPS) is 10.9. The van der Waals surface area contributed by atoms with E-state index in [0.29, 0.717) is 12.4 Å². The number of hydrogen-bond acceptors (Lipinski definition) is 4. The van der Waals surface area contributed by atoms with Gasteiger partial charge in [-0.05, 0) is 20.3 Å². The monoisotopic (exact) mass is 261 g/mol. The second-order valence-electron chi connectivity index (χ2n) is 4.65. The van der Waals surface area contributed by atoms with Gasteiger partial charge in [0.05, 0.1) is 0 Å². The standard InChI is InChI=1S/C13H19N5O/c1-10(2)18-9-8-17-12(13(18)19)16-5-3-4-11-14-6-7-15-11/h6-10H,3-5H2,1-2H3,(H,14,15)(H,16,17). The molecule has 0 radical (unpaired) electrons. The van der Waals surface area contributed by atoms with Crippen molar-refractivity contribution in [2.45, 2.75) is 32.7 Å². The second-order valence-corrected chi connectivity index (χ2v) is 4.65. The molecule has 0 aliphatic rings. The number of nitrogens with zero attached hydrogens (tertiary/aromatic N) is 3. The average Bonchev–Trinajstić information content (AvgIpc) is 2.89. The summed E-state index contributed by atoms with van der Waals surface area (Å²) < 4.78 is 1.67. The number of aromatic amines is 1. The Bertz CT molecular complexity index is 559. The Morgan fingerprint density at radius 2 is 2.21 bits per heavy atom. The molecule has 102 valence electrons. The summed E-state index contributed by atoms with van der Waals surface area (Å²) in [6.45, 7) is 4.65. The zero-order chi connectivity index (χ0) is 13.7. The highest BCUT2D eigenvalue weighted by Crippen LogP contribution is 2.02. The largest absolute Gasteiger partial charge is 0.365 e. The fourth-order valence-electron chi connectivity index (χ4n) is 1.85. The smallest absolute Gasteiger partial charge is 0.293 e. The van der Waals surface area contributed by atoms with E-state index in [1.807, 2.05) is 20.0 Å². The molecule has 6 heteroatoms. The number of H-pyrrole nitrogens is 1. The van der Waals surface area contributed by atoms with Crippen molar-refractivity contribution in [2.75, 3.05) is 11.9 Å². The molecule has 2 aromatic heterocycles. The van der Waals surface area contributed by atoms with Gasteiger partial charge < -0.3 is 14.9 Å². The van der Waals surface area contributed by atoms with Crippen LogP contribution in [0.5, 0.6) is 0 Å². The van der Waals surface area contributed by atoms with Gasteiger partial charge in [-0.2, -0.15) is 0 Å². The van der Waals surface area contributed by atoms with Crippen molar-refractivity contribution < 1.29 is 0 Å². The number of nitrogens with one attached hydrogen (secondary N) is 2. The highest BCUT2D eigenvalue weighted by molar-refractivity contribution is 5.30. The highest BCUT2D eigenvalue weighted by Gasteiger charge is 2.06. The molecule has 0 unspecified atom stereocenters. The Labute approximate surface area is 111 Å². The molecule has 0 fully saturated rings. The molecule has 2 N–H and O–H groups in total. The Kier molecular flexibility index (Phi) is 4.33. The van der Waals surface area contributed by atoms with Crippen molar-refractivity contribution in [2.24, 2.45) is 0 Å². The highest BCUT2D eigenvalue weighted by atomic mass is 16.1. The van der Waals surface area contributed by atoms with Gasteiger partial charge >= 0.3 is 0 Å². The third-order valence-electron chi connectivity index (χ3n) is 2.86. The van der Waals surface area contributed by atoms with Gasteiger partial charge in [0.25, 0.3) is 5.56 Å². The minimum Gasteiger partial charge on any atom is -0.365 e. The van der Waals surface area contributed by atoms with Crippen LogP contribution in [0.25, 0.3) is 0 Å². The van der Waals surface area contributed by atoms with E-state index in [0.717, 1.165) is 18.7 Å². The average molecular weight is 261 g/mol. The first-order valence-corrected chi connectivity index (χ1v) is 6.47. The molecular formula is C13H19N5O. The molecule has 0 saturated heterocycles. The predicted octanol–water partition coefficient (Wildman–Crippen LogP) is 1.59. The van der Waals surface area contributed by atoms with E-state index in [4.69, 9.17) is 0 Å². The number of imidazole rings is 1. The van der Waals surface area contributed by atoms with Gasteiger partial charge in [0.2, 0.25) is 0 Å². The van der Waals surface area contributed by atoms with Crippen LogP contribution in [0, 0.1) is 0 Å². The summed E-state index contributed by atoms with van der Waals surface area (Å²) in [6, 6.07) is 0.138. The maximum absolute atomic E-state index is 12.1. The first kappa shape index (κ1) is 13.3. The van der Waals surface area contributed by atoms with Crippen LogP contribution in [0.4, 0.5) is 5.82 Å². The zero-order valence-corrected chi connectivity index (χ0v) is 11.3. The Hall–Kier alpha value is -2.11. The summed E-state index contributed by atoms with van der Waals surface area (Å²) in [7, 11) is 0. The quantitative estimate of drug-likeness (QED) is 0.774. The van der Waals surface area contributed by atoms with Crippen LogP contribution < -0.4 is 10.9 Å². The summed E-state index contributed by atoms with van der Waals surface area (Å²) in [5.41, 5.74) is -0.0736. The molecule has 0 aliphatic carbocycles. The second kappa shape index (κ2) is 6.17. The van der Waals surface area contributed by atoms with E-state index >= 15 is 0 Å². The van der Waals surface area contributed by atoms with Crippen LogP contribution in [-0.4, -0.2) is 26.1 Å². The van der Waals surface area contributed by atoms with Gasteiger partial charge in [-0.25, -0.2) is 9.97 Å². The summed E-state index contributed by atoms with van der Waals surface area (Å²) in [6.07, 6.45) is 8.65. The lowest BCUT2D eigenvalue weighted by Gasteiger charge is -2.11. The number of anilines is 1. The van der Waals surface area contributed by atoms with Crippen LogP contribution in [0.3, 0.4) is 0 Å². The molecule has 0 atom stereocenters. The molecule has 0 amide bonds. The van der Waals surface area contributed by atoms with E-state index in [1.165, 1.54) is 0 Å². The first-order valence-electron chi connectivity index (χ1n) is 6.47. The molecule has 0 spiro atoms. The molecule has 0 aliphatic heterocycles. The number of rotatable bonds is 6. The van der Waals surface area contributed by atoms with Gasteiger partial charge in [0, 0.05) is 43.8 Å². The van der Waals surface area contributed by atoms with E-state index in [2.05, 4.69) is 20.3 Å². The molecular weight excluding hydrogens is 242 g/mol. The molecule has 2 rings (SSSR count). The third kappa shape index (κ3) is 3.43. The fraction of sp³-hybridized carbons (Fsp3) is 0.462. The minimum absolute atomic E-state index is 0.0736. The lowest BCUT2D eigenvalue weighted by atomic mass is 10.3. The van der Waals surface area contributed by atoms with Gasteiger partial charge in [-0.3, -0.25) is 4.79 Å². The van der Waals surface area contributed by atoms with Crippen molar-refractivity contribution in [1.29, 1.82) is 0 Å². The summed E-state index contributed by atoms with van der Waals surface area (Å²) in [5.74, 6) is 1.37. The maximum Gasteiger partial charge on any atom is 0.293 e. The maximum atomic E-state index is 12.1. The molecule has 19 heavy (non-hydrogen) atoms. The lowest BCUT2D eigenvalue weighted by molar-refractivity contribution is 0.575. The van der Waals surface area contributed by atoms with E-state index in [-0.39, 0.29) is 11.6 Å². The number of aryl methyl sites for hydroxylation is 1. The molecule has 2 aromatic rings. The van der Waals surface area contributed by atoms with Crippen molar-refractivity contribution in [3.05, 3.63) is 41.0 Å². The Morgan fingerprint density at radius 3 is 2.89 bits per heavy atom. The fourth-order valence-corrected chi connectivity index (χ4v) is 1.85. The predicted molar refractivity (Wildman–Crippen MR) is 74.3 cm³/mol. The van der Waals surface area contributed by atoms with Gasteiger partial charge in [-0.1, -0.05) is 0 Å². The summed E-state index contributed by atoms with van der Waals surface area (Å²) >= 11 is 0. The van der Waals surface area contributed by atoms with Crippen molar-refractivity contribution in [3.63, 3.8) is 0 Å². The third-order valence-corrected chi connectivity index (χ3v) is 2.86. The van der Waals surface area contributed by atoms with E-state index < -0.39 is 0 Å². The van der Waals surface area contributed by atoms with Crippen LogP contribution in [0.2, 0.25) is 0 Å². The van der Waals surface area contributed by atoms with E-state index in [1.54, 1.807) is 23.2 Å². The van der Waals surface area contributed by atoms with Gasteiger partial charge in [-0.15, -0.1) is 0 Å². The van der Waals surface area contributed by atoms with Crippen molar-refractivity contribution in [1.82, 2.24) is 19.5 Å². The van der Waals surface area contributed by atoms with Crippen LogP contribution in [-0.2, 0) is 6.42 Å². The molecule has 0 saturated carbocycles. The first-order chi connectivity index (χ1) is 9.18. The molecule has 0 bridgehead atoms. The summed E-state index contributed by atoms with van der Waals surface area (Å²) in [5, 5.41) is 3.08.